The summed E-state index contributed by atoms with van der Waals surface area (Å²) in [5.74, 6) is 2.10. The summed E-state index contributed by atoms with van der Waals surface area (Å²) in [6.07, 6.45) is 4.54. The summed E-state index contributed by atoms with van der Waals surface area (Å²) in [5.41, 5.74) is 2.42. The van der Waals surface area contributed by atoms with Crippen molar-refractivity contribution in [2.45, 2.75) is 49.1 Å². The third kappa shape index (κ3) is 3.96. The second kappa shape index (κ2) is 7.17. The fourth-order valence-electron chi connectivity index (χ4n) is 4.06. The maximum atomic E-state index is 11.6. The highest BCUT2D eigenvalue weighted by Gasteiger charge is 2.27. The van der Waals surface area contributed by atoms with E-state index in [0.717, 1.165) is 30.8 Å². The molecule has 144 valence electrons. The lowest BCUT2D eigenvalue weighted by atomic mass is 9.97. The van der Waals surface area contributed by atoms with Gasteiger partial charge in [0, 0.05) is 18.3 Å². The molecule has 0 spiro atoms. The number of sulfone groups is 1. The molecule has 2 aromatic carbocycles. The Kier molecular flexibility index (Phi) is 4.86. The van der Waals surface area contributed by atoms with Gasteiger partial charge in [-0.15, -0.1) is 0 Å². The molecule has 0 saturated heterocycles. The first-order valence-corrected chi connectivity index (χ1v) is 11.2. The van der Waals surface area contributed by atoms with E-state index in [4.69, 9.17) is 9.47 Å². The van der Waals surface area contributed by atoms with Gasteiger partial charge in [-0.1, -0.05) is 18.2 Å². The molecular formula is C21H25NO4S. The molecule has 0 amide bonds. The second-order valence-electron chi connectivity index (χ2n) is 7.55. The Morgan fingerprint density at radius 3 is 2.52 bits per heavy atom. The predicted octanol–water partition coefficient (Wildman–Crippen LogP) is 3.81. The van der Waals surface area contributed by atoms with Gasteiger partial charge in [-0.3, -0.25) is 0 Å². The van der Waals surface area contributed by atoms with E-state index in [2.05, 4.69) is 24.4 Å². The Morgan fingerprint density at radius 1 is 1.04 bits per heavy atom. The van der Waals surface area contributed by atoms with Gasteiger partial charge < -0.3 is 14.8 Å². The Labute approximate surface area is 160 Å². The lowest BCUT2D eigenvalue weighted by Crippen LogP contribution is -2.29. The standard InChI is InChI=1S/C21H25NO4S/c1-14(16-6-10-20-21(12-16)26-13-25-20)22-18-7-3-17(11-18)15-4-8-19(9-5-15)27(2,23)24/h4-6,8-10,12,14,17-18,22H,3,7,11,13H2,1-2H3/t14-,17+,18?/m1/s1. The number of benzene rings is 2. The van der Waals surface area contributed by atoms with E-state index in [1.54, 1.807) is 12.1 Å². The zero-order valence-electron chi connectivity index (χ0n) is 15.6. The third-order valence-corrected chi connectivity index (χ3v) is 6.72. The maximum Gasteiger partial charge on any atom is 0.231 e. The molecule has 0 bridgehead atoms. The fraction of sp³-hybridized carbons (Fsp3) is 0.429. The van der Waals surface area contributed by atoms with Gasteiger partial charge in [0.05, 0.1) is 4.90 Å². The minimum absolute atomic E-state index is 0.232. The molecule has 2 aliphatic rings. The van der Waals surface area contributed by atoms with Crippen LogP contribution in [0.5, 0.6) is 11.5 Å². The van der Waals surface area contributed by atoms with E-state index in [1.807, 2.05) is 18.2 Å². The molecule has 1 aliphatic carbocycles. The van der Waals surface area contributed by atoms with Crippen molar-refractivity contribution < 1.29 is 17.9 Å². The van der Waals surface area contributed by atoms with Crippen LogP contribution in [0.15, 0.2) is 47.4 Å². The van der Waals surface area contributed by atoms with Crippen LogP contribution in [0.2, 0.25) is 0 Å². The molecule has 27 heavy (non-hydrogen) atoms. The highest BCUT2D eigenvalue weighted by atomic mass is 32.2. The zero-order chi connectivity index (χ0) is 19.0. The van der Waals surface area contributed by atoms with Crippen molar-refractivity contribution in [3.05, 3.63) is 53.6 Å². The predicted molar refractivity (Wildman–Crippen MR) is 104 cm³/mol. The molecule has 1 saturated carbocycles. The van der Waals surface area contributed by atoms with Gasteiger partial charge in [-0.05, 0) is 67.5 Å². The van der Waals surface area contributed by atoms with E-state index in [-0.39, 0.29) is 6.04 Å². The van der Waals surface area contributed by atoms with Crippen LogP contribution in [-0.4, -0.2) is 27.5 Å². The molecule has 6 heteroatoms. The molecule has 2 aromatic rings. The van der Waals surface area contributed by atoms with E-state index >= 15 is 0 Å². The molecular weight excluding hydrogens is 362 g/mol. The first kappa shape index (κ1) is 18.3. The summed E-state index contributed by atoms with van der Waals surface area (Å²) in [6, 6.07) is 14.2. The smallest absolute Gasteiger partial charge is 0.231 e. The molecule has 5 nitrogen and oxygen atoms in total. The van der Waals surface area contributed by atoms with Crippen LogP contribution in [-0.2, 0) is 9.84 Å². The summed E-state index contributed by atoms with van der Waals surface area (Å²) in [7, 11) is -3.14. The fourth-order valence-corrected chi connectivity index (χ4v) is 4.69. The van der Waals surface area contributed by atoms with E-state index in [1.165, 1.54) is 17.4 Å². The second-order valence-corrected chi connectivity index (χ2v) is 9.56. The maximum absolute atomic E-state index is 11.6. The van der Waals surface area contributed by atoms with Crippen LogP contribution in [0.3, 0.4) is 0 Å². The van der Waals surface area contributed by atoms with E-state index < -0.39 is 9.84 Å². The van der Waals surface area contributed by atoms with Gasteiger partial charge in [0.1, 0.15) is 0 Å². The summed E-state index contributed by atoms with van der Waals surface area (Å²) in [6.45, 7) is 2.47. The normalized spacial score (nSPS) is 22.7. The van der Waals surface area contributed by atoms with Crippen molar-refractivity contribution >= 4 is 9.84 Å². The van der Waals surface area contributed by atoms with Gasteiger partial charge >= 0.3 is 0 Å². The number of rotatable bonds is 5. The van der Waals surface area contributed by atoms with E-state index in [0.29, 0.717) is 23.6 Å². The highest BCUT2D eigenvalue weighted by molar-refractivity contribution is 7.90. The third-order valence-electron chi connectivity index (χ3n) is 5.59. The van der Waals surface area contributed by atoms with Gasteiger partial charge in [0.15, 0.2) is 21.3 Å². The number of ether oxygens (including phenoxy) is 2. The number of nitrogens with one attached hydrogen (secondary N) is 1. The average Bonchev–Trinajstić information content (AvgIpc) is 3.29. The zero-order valence-corrected chi connectivity index (χ0v) is 16.5. The van der Waals surface area contributed by atoms with Crippen molar-refractivity contribution in [3.8, 4) is 11.5 Å². The van der Waals surface area contributed by atoms with Gasteiger partial charge in [0.2, 0.25) is 6.79 Å². The topological polar surface area (TPSA) is 64.6 Å². The molecule has 3 atom stereocenters. The monoisotopic (exact) mass is 387 g/mol. The number of hydrogen-bond donors (Lipinski definition) is 1. The molecule has 1 unspecified atom stereocenters. The van der Waals surface area contributed by atoms with Crippen molar-refractivity contribution in [2.75, 3.05) is 13.0 Å². The van der Waals surface area contributed by atoms with Crippen molar-refractivity contribution in [3.63, 3.8) is 0 Å². The first-order chi connectivity index (χ1) is 12.9. The Balaban J connectivity index is 1.38. The highest BCUT2D eigenvalue weighted by Crippen LogP contribution is 2.37. The molecule has 1 fully saturated rings. The minimum Gasteiger partial charge on any atom is -0.454 e. The van der Waals surface area contributed by atoms with Crippen molar-refractivity contribution in [1.29, 1.82) is 0 Å². The summed E-state index contributed by atoms with van der Waals surface area (Å²) in [5, 5.41) is 3.73. The largest absolute Gasteiger partial charge is 0.454 e. The van der Waals surface area contributed by atoms with Crippen LogP contribution < -0.4 is 14.8 Å². The molecule has 1 N–H and O–H groups in total. The number of hydrogen-bond acceptors (Lipinski definition) is 5. The summed E-state index contributed by atoms with van der Waals surface area (Å²) < 4.78 is 34.1. The van der Waals surface area contributed by atoms with Gasteiger partial charge in [0.25, 0.3) is 0 Å². The number of fused-ring (bicyclic) bond motifs is 1. The van der Waals surface area contributed by atoms with Crippen LogP contribution >= 0.6 is 0 Å². The lowest BCUT2D eigenvalue weighted by Gasteiger charge is -2.20. The van der Waals surface area contributed by atoms with E-state index in [9.17, 15) is 8.42 Å². The Bertz CT molecular complexity index is 924. The first-order valence-electron chi connectivity index (χ1n) is 9.36. The molecule has 1 heterocycles. The van der Waals surface area contributed by atoms with Crippen LogP contribution in [0.1, 0.15) is 49.3 Å². The molecule has 1 aliphatic heterocycles. The van der Waals surface area contributed by atoms with Crippen LogP contribution in [0, 0.1) is 0 Å². The molecule has 0 aromatic heterocycles. The average molecular weight is 388 g/mol. The van der Waals surface area contributed by atoms with Crippen molar-refractivity contribution in [1.82, 2.24) is 5.32 Å². The minimum atomic E-state index is -3.14. The van der Waals surface area contributed by atoms with Gasteiger partial charge in [-0.2, -0.15) is 0 Å². The summed E-state index contributed by atoms with van der Waals surface area (Å²) in [4.78, 5) is 0.385. The summed E-state index contributed by atoms with van der Waals surface area (Å²) >= 11 is 0. The van der Waals surface area contributed by atoms with Crippen molar-refractivity contribution in [2.24, 2.45) is 0 Å². The molecule has 0 radical (unpaired) electrons. The quantitative estimate of drug-likeness (QED) is 0.845. The van der Waals surface area contributed by atoms with Crippen LogP contribution in [0.25, 0.3) is 0 Å². The lowest BCUT2D eigenvalue weighted by molar-refractivity contribution is 0.174. The van der Waals surface area contributed by atoms with Gasteiger partial charge in [-0.25, -0.2) is 8.42 Å². The van der Waals surface area contributed by atoms with Crippen LogP contribution in [0.4, 0.5) is 0 Å². The Hall–Kier alpha value is -2.05. The Morgan fingerprint density at radius 2 is 1.78 bits per heavy atom. The molecule has 4 rings (SSSR count). The SMILES string of the molecule is C[C@@H](NC1CC[C@H](c2ccc(S(C)(=O)=O)cc2)C1)c1ccc2c(c1)OCO2.